The molecule has 1 saturated heterocycles. The Morgan fingerprint density at radius 2 is 2.29 bits per heavy atom. The molecule has 21 heavy (non-hydrogen) atoms. The molecule has 2 N–H and O–H groups in total. The Morgan fingerprint density at radius 3 is 2.95 bits per heavy atom. The molecule has 0 aliphatic carbocycles. The molecule has 1 atom stereocenters. The molecule has 2 aromatic rings. The van der Waals surface area contributed by atoms with Gasteiger partial charge in [0.15, 0.2) is 9.84 Å². The van der Waals surface area contributed by atoms with Gasteiger partial charge in [-0.1, -0.05) is 0 Å². The number of nitrogens with zero attached hydrogens (tertiary/aromatic N) is 2. The summed E-state index contributed by atoms with van der Waals surface area (Å²) in [6.07, 6.45) is 1.35. The van der Waals surface area contributed by atoms with Gasteiger partial charge in [-0.15, -0.1) is 0 Å². The topological polar surface area (TPSA) is 118 Å². The lowest BCUT2D eigenvalue weighted by atomic mass is 10.2. The Kier molecular flexibility index (Phi) is 3.28. The summed E-state index contributed by atoms with van der Waals surface area (Å²) in [4.78, 5) is 17.4. The highest BCUT2D eigenvalue weighted by atomic mass is 32.2. The molecule has 112 valence electrons. The molecular weight excluding hydrogens is 296 g/mol. The molecule has 8 nitrogen and oxygen atoms in total. The molecule has 2 heterocycles. The Balaban J connectivity index is 1.77. The molecule has 0 spiro atoms. The van der Waals surface area contributed by atoms with Crippen LogP contribution in [0.3, 0.4) is 0 Å². The summed E-state index contributed by atoms with van der Waals surface area (Å²) in [5.41, 5.74) is 1.12. The quantitative estimate of drug-likeness (QED) is 0.652. The van der Waals surface area contributed by atoms with Gasteiger partial charge in [-0.2, -0.15) is 0 Å². The van der Waals surface area contributed by atoms with E-state index in [0.29, 0.717) is 36.4 Å². The molecule has 1 aromatic heterocycles. The molecule has 1 aliphatic rings. The first-order chi connectivity index (χ1) is 9.95. The SMILES string of the molecule is O=[N+]([O-])c1ccc2nc(NCC3CCCS3(=O)=O)[nH]c2c1. The number of nitrogens with one attached hydrogen (secondary N) is 2. The number of rotatable bonds is 4. The Morgan fingerprint density at radius 1 is 1.48 bits per heavy atom. The molecule has 3 rings (SSSR count). The number of aromatic nitrogens is 2. The van der Waals surface area contributed by atoms with E-state index in [1.807, 2.05) is 0 Å². The van der Waals surface area contributed by atoms with Gasteiger partial charge in [-0.05, 0) is 18.9 Å². The first-order valence-electron chi connectivity index (χ1n) is 6.55. The number of hydrogen-bond acceptors (Lipinski definition) is 6. The number of hydrogen-bond donors (Lipinski definition) is 2. The molecule has 0 bridgehead atoms. The fourth-order valence-electron chi connectivity index (χ4n) is 2.49. The number of nitro benzene ring substituents is 1. The van der Waals surface area contributed by atoms with Gasteiger partial charge in [0.1, 0.15) is 0 Å². The van der Waals surface area contributed by atoms with Crippen molar-refractivity contribution in [1.29, 1.82) is 0 Å². The van der Waals surface area contributed by atoms with Crippen molar-refractivity contribution in [2.45, 2.75) is 18.1 Å². The standard InChI is InChI=1S/C12H14N4O4S/c17-16(18)8-3-4-10-11(6-8)15-12(14-10)13-7-9-2-1-5-21(9,19)20/h3-4,6,9H,1-2,5,7H2,(H2,13,14,15). The lowest BCUT2D eigenvalue weighted by Crippen LogP contribution is -2.25. The van der Waals surface area contributed by atoms with Crippen LogP contribution < -0.4 is 5.32 Å². The fraction of sp³-hybridized carbons (Fsp3) is 0.417. The first kappa shape index (κ1) is 13.8. The number of H-pyrrole nitrogens is 1. The second-order valence-electron chi connectivity index (χ2n) is 5.06. The highest BCUT2D eigenvalue weighted by Crippen LogP contribution is 2.22. The van der Waals surface area contributed by atoms with E-state index < -0.39 is 14.8 Å². The molecule has 9 heteroatoms. The van der Waals surface area contributed by atoms with E-state index in [0.717, 1.165) is 0 Å². The summed E-state index contributed by atoms with van der Waals surface area (Å²) >= 11 is 0. The smallest absolute Gasteiger partial charge is 0.271 e. The largest absolute Gasteiger partial charge is 0.354 e. The van der Waals surface area contributed by atoms with Gasteiger partial charge < -0.3 is 10.3 Å². The van der Waals surface area contributed by atoms with E-state index in [1.54, 1.807) is 6.07 Å². The van der Waals surface area contributed by atoms with E-state index in [1.165, 1.54) is 12.1 Å². The highest BCUT2D eigenvalue weighted by molar-refractivity contribution is 7.92. The van der Waals surface area contributed by atoms with Crippen molar-refractivity contribution < 1.29 is 13.3 Å². The minimum atomic E-state index is -3.00. The normalized spacial score (nSPS) is 20.7. The van der Waals surface area contributed by atoms with Crippen molar-refractivity contribution in [3.63, 3.8) is 0 Å². The van der Waals surface area contributed by atoms with Crippen LogP contribution in [0.5, 0.6) is 0 Å². The summed E-state index contributed by atoms with van der Waals surface area (Å²) in [6.45, 7) is 0.296. The van der Waals surface area contributed by atoms with Gasteiger partial charge in [0.2, 0.25) is 5.95 Å². The van der Waals surface area contributed by atoms with Crippen molar-refractivity contribution in [3.05, 3.63) is 28.3 Å². The maximum absolute atomic E-state index is 11.7. The van der Waals surface area contributed by atoms with Crippen molar-refractivity contribution in [1.82, 2.24) is 9.97 Å². The zero-order valence-corrected chi connectivity index (χ0v) is 11.9. The second-order valence-corrected chi connectivity index (χ2v) is 7.46. The van der Waals surface area contributed by atoms with Crippen molar-refractivity contribution in [2.24, 2.45) is 0 Å². The maximum Gasteiger partial charge on any atom is 0.271 e. The summed E-state index contributed by atoms with van der Waals surface area (Å²) in [5, 5.41) is 13.3. The fourth-order valence-corrected chi connectivity index (χ4v) is 4.26. The van der Waals surface area contributed by atoms with Crippen LogP contribution in [0.4, 0.5) is 11.6 Å². The summed E-state index contributed by atoms with van der Waals surface area (Å²) in [7, 11) is -3.00. The average Bonchev–Trinajstić information content (AvgIpc) is 2.97. The van der Waals surface area contributed by atoms with Gasteiger partial charge in [0, 0.05) is 18.7 Å². The van der Waals surface area contributed by atoms with Crippen LogP contribution in [0.25, 0.3) is 11.0 Å². The number of fused-ring (bicyclic) bond motifs is 1. The highest BCUT2D eigenvalue weighted by Gasteiger charge is 2.31. The second kappa shape index (κ2) is 4.99. The number of nitro groups is 1. The van der Waals surface area contributed by atoms with E-state index >= 15 is 0 Å². The van der Waals surface area contributed by atoms with E-state index in [4.69, 9.17) is 0 Å². The van der Waals surface area contributed by atoms with Crippen molar-refractivity contribution in [3.8, 4) is 0 Å². The average molecular weight is 310 g/mol. The summed E-state index contributed by atoms with van der Waals surface area (Å²) in [5.74, 6) is 0.665. The van der Waals surface area contributed by atoms with E-state index in [9.17, 15) is 18.5 Å². The third kappa shape index (κ3) is 2.68. The van der Waals surface area contributed by atoms with Gasteiger partial charge in [0.05, 0.1) is 27.0 Å². The minimum absolute atomic E-state index is 0.0175. The van der Waals surface area contributed by atoms with Crippen LogP contribution in [0.2, 0.25) is 0 Å². The van der Waals surface area contributed by atoms with Crippen molar-refractivity contribution >= 4 is 32.5 Å². The predicted molar refractivity (Wildman–Crippen MR) is 78.0 cm³/mol. The maximum atomic E-state index is 11.7. The molecule has 0 saturated carbocycles. The molecule has 0 amide bonds. The van der Waals surface area contributed by atoms with Gasteiger partial charge in [-0.25, -0.2) is 13.4 Å². The summed E-state index contributed by atoms with van der Waals surface area (Å²) < 4.78 is 23.5. The van der Waals surface area contributed by atoms with Gasteiger partial charge in [0.25, 0.3) is 5.69 Å². The number of benzene rings is 1. The van der Waals surface area contributed by atoms with Gasteiger partial charge in [-0.3, -0.25) is 10.1 Å². The van der Waals surface area contributed by atoms with E-state index in [-0.39, 0.29) is 16.7 Å². The Hall–Kier alpha value is -2.16. The Bertz CT molecular complexity index is 799. The molecule has 1 unspecified atom stereocenters. The molecule has 1 fully saturated rings. The lowest BCUT2D eigenvalue weighted by Gasteiger charge is -2.09. The minimum Gasteiger partial charge on any atom is -0.354 e. The number of imidazole rings is 1. The third-order valence-corrected chi connectivity index (χ3v) is 5.91. The molecule has 1 aromatic carbocycles. The first-order valence-corrected chi connectivity index (χ1v) is 8.27. The third-order valence-electron chi connectivity index (χ3n) is 3.64. The van der Waals surface area contributed by atoms with Crippen LogP contribution in [0, 0.1) is 10.1 Å². The number of anilines is 1. The van der Waals surface area contributed by atoms with Crippen LogP contribution in [-0.4, -0.2) is 40.9 Å². The van der Waals surface area contributed by atoms with Crippen LogP contribution in [0.15, 0.2) is 18.2 Å². The predicted octanol–water partition coefficient (Wildman–Crippen LogP) is 1.46. The van der Waals surface area contributed by atoms with Crippen LogP contribution >= 0.6 is 0 Å². The molecule has 0 radical (unpaired) electrons. The van der Waals surface area contributed by atoms with E-state index in [2.05, 4.69) is 15.3 Å². The number of aromatic amines is 1. The lowest BCUT2D eigenvalue weighted by molar-refractivity contribution is -0.384. The molecular formula is C12H14N4O4S. The zero-order valence-electron chi connectivity index (χ0n) is 11.1. The van der Waals surface area contributed by atoms with Crippen LogP contribution in [-0.2, 0) is 9.84 Å². The Labute approximate surface area is 120 Å². The van der Waals surface area contributed by atoms with Crippen LogP contribution in [0.1, 0.15) is 12.8 Å². The molecule has 1 aliphatic heterocycles. The number of non-ortho nitro benzene ring substituents is 1. The zero-order chi connectivity index (χ0) is 15.0. The monoisotopic (exact) mass is 310 g/mol. The summed E-state index contributed by atoms with van der Waals surface area (Å²) in [6, 6.07) is 4.34. The van der Waals surface area contributed by atoms with Crippen molar-refractivity contribution in [2.75, 3.05) is 17.6 Å². The number of sulfone groups is 1. The van der Waals surface area contributed by atoms with Gasteiger partial charge >= 0.3 is 0 Å².